The predicted octanol–water partition coefficient (Wildman–Crippen LogP) is 9.09. The van der Waals surface area contributed by atoms with E-state index in [2.05, 4.69) is 65.5 Å². The van der Waals surface area contributed by atoms with Gasteiger partial charge in [-0.25, -0.2) is 4.98 Å². The Balaban J connectivity index is -0.000000158. The van der Waals surface area contributed by atoms with Gasteiger partial charge < -0.3 is 28.6 Å². The van der Waals surface area contributed by atoms with Crippen LogP contribution in [-0.2, 0) is 32.8 Å². The lowest BCUT2D eigenvalue weighted by Gasteiger charge is -2.24. The van der Waals surface area contributed by atoms with Crippen LogP contribution in [0, 0.1) is 11.3 Å². The van der Waals surface area contributed by atoms with E-state index in [-0.39, 0.29) is 24.8 Å². The highest BCUT2D eigenvalue weighted by Crippen LogP contribution is 2.38. The van der Waals surface area contributed by atoms with Gasteiger partial charge in [0.15, 0.2) is 7.37 Å². The van der Waals surface area contributed by atoms with Crippen molar-refractivity contribution in [2.45, 2.75) is 161 Å². The summed E-state index contributed by atoms with van der Waals surface area (Å²) in [6, 6.07) is 0.428. The number of carbonyl (C=O) groups is 1. The van der Waals surface area contributed by atoms with E-state index >= 15 is 0 Å². The average Bonchev–Trinajstić information content (AvgIpc) is 3.49. The Kier molecular flexibility index (Phi) is 41.4. The van der Waals surface area contributed by atoms with Crippen LogP contribution in [-0.4, -0.2) is 96.6 Å². The topological polar surface area (TPSA) is 131 Å². The first-order valence-electron chi connectivity index (χ1n) is 17.7. The molecule has 292 valence electrons. The molecule has 0 spiro atoms. The molecule has 1 aromatic heterocycles. The SMILES string of the molecule is CC(C)C.CC(C)OP(C)(C)=O.CC(C)n1cncn1.CCC(C)(CO)C(=O)OC(C)C.CCCOC(C)C.CCOCCOC(C)C. The Morgan fingerprint density at radius 1 is 0.812 bits per heavy atom. The molecular formula is C36H80N3O8P. The second-order valence-electron chi connectivity index (χ2n) is 13.7. The van der Waals surface area contributed by atoms with Crippen LogP contribution < -0.4 is 0 Å². The molecule has 1 aromatic rings. The summed E-state index contributed by atoms with van der Waals surface area (Å²) < 4.78 is 38.1. The summed E-state index contributed by atoms with van der Waals surface area (Å²) in [5.74, 6) is 0.516. The van der Waals surface area contributed by atoms with Crippen LogP contribution in [0.1, 0.15) is 137 Å². The fraction of sp³-hybridized carbons (Fsp3) is 0.917. The van der Waals surface area contributed by atoms with Crippen LogP contribution >= 0.6 is 7.37 Å². The molecule has 0 amide bonds. The minimum Gasteiger partial charge on any atom is -0.462 e. The molecule has 0 aliphatic rings. The monoisotopic (exact) mass is 714 g/mol. The zero-order chi connectivity index (χ0) is 38.9. The van der Waals surface area contributed by atoms with Crippen molar-refractivity contribution in [2.75, 3.05) is 46.4 Å². The van der Waals surface area contributed by atoms with Crippen LogP contribution in [0.25, 0.3) is 0 Å². The van der Waals surface area contributed by atoms with E-state index in [1.807, 2.05) is 41.5 Å². The van der Waals surface area contributed by atoms with Crippen molar-refractivity contribution in [3.8, 4) is 0 Å². The van der Waals surface area contributed by atoms with Gasteiger partial charge in [-0.15, -0.1) is 0 Å². The van der Waals surface area contributed by atoms with E-state index in [0.29, 0.717) is 37.9 Å². The highest BCUT2D eigenvalue weighted by Gasteiger charge is 2.32. The van der Waals surface area contributed by atoms with Crippen molar-refractivity contribution in [1.29, 1.82) is 0 Å². The highest BCUT2D eigenvalue weighted by molar-refractivity contribution is 7.57. The molecule has 0 saturated carbocycles. The lowest BCUT2D eigenvalue weighted by atomic mass is 9.89. The van der Waals surface area contributed by atoms with Gasteiger partial charge in [-0.1, -0.05) is 34.6 Å². The van der Waals surface area contributed by atoms with Gasteiger partial charge in [0, 0.05) is 32.6 Å². The molecule has 1 unspecified atom stereocenters. The zero-order valence-corrected chi connectivity index (χ0v) is 35.6. The van der Waals surface area contributed by atoms with Gasteiger partial charge in [0.05, 0.1) is 49.7 Å². The third-order valence-electron chi connectivity index (χ3n) is 4.93. The number of ether oxygens (including phenoxy) is 4. The third-order valence-corrected chi connectivity index (χ3v) is 5.86. The number of rotatable bonds is 15. The molecule has 12 heteroatoms. The maximum absolute atomic E-state index is 11.4. The lowest BCUT2D eigenvalue weighted by molar-refractivity contribution is -0.161. The Bertz CT molecular complexity index is 820. The van der Waals surface area contributed by atoms with Gasteiger partial charge in [0.25, 0.3) is 0 Å². The van der Waals surface area contributed by atoms with Crippen molar-refractivity contribution in [1.82, 2.24) is 14.8 Å². The molecule has 0 aromatic carbocycles. The summed E-state index contributed by atoms with van der Waals surface area (Å²) in [5, 5.41) is 12.9. The molecule has 48 heavy (non-hydrogen) atoms. The van der Waals surface area contributed by atoms with Gasteiger partial charge in [-0.2, -0.15) is 5.10 Å². The molecule has 0 aliphatic carbocycles. The van der Waals surface area contributed by atoms with Crippen molar-refractivity contribution in [3.63, 3.8) is 0 Å². The van der Waals surface area contributed by atoms with Crippen LogP contribution in [0.3, 0.4) is 0 Å². The highest BCUT2D eigenvalue weighted by atomic mass is 31.2. The third kappa shape index (κ3) is 51.5. The standard InChI is InChI=1S/C9H18O3.C7H16O2.C6H14O.C5H9N3.C5H13O2P.C4H10/c1-5-9(4,6-10)8(11)12-7(2)3;1-4-8-5-6-9-7(2)3;1-4-5-7-6(2)3;1-5(2)8-4-6-3-7-8;1-5(2)7-8(3,4)6;1-4(2)3/h7,10H,5-6H2,1-4H3;7H,4-6H2,1-3H3;6H,4-5H2,1-3H3;3-5H,1-2H3;5H,1-4H3;4H,1-3H3. The molecule has 0 bridgehead atoms. The maximum atomic E-state index is 11.4. The number of aliphatic hydroxyl groups is 1. The van der Waals surface area contributed by atoms with E-state index in [9.17, 15) is 9.36 Å². The summed E-state index contributed by atoms with van der Waals surface area (Å²) in [4.78, 5) is 15.2. The zero-order valence-electron chi connectivity index (χ0n) is 34.7. The molecule has 11 nitrogen and oxygen atoms in total. The van der Waals surface area contributed by atoms with E-state index in [1.54, 1.807) is 51.4 Å². The summed E-state index contributed by atoms with van der Waals surface area (Å²) in [7, 11) is -2.22. The number of nitrogens with zero attached hydrogens (tertiary/aromatic N) is 3. The van der Waals surface area contributed by atoms with Gasteiger partial charge in [0.1, 0.15) is 12.7 Å². The fourth-order valence-electron chi connectivity index (χ4n) is 2.51. The van der Waals surface area contributed by atoms with Crippen molar-refractivity contribution < 1.29 is 37.9 Å². The Morgan fingerprint density at radius 3 is 1.50 bits per heavy atom. The van der Waals surface area contributed by atoms with E-state index < -0.39 is 12.8 Å². The summed E-state index contributed by atoms with van der Waals surface area (Å²) in [6.45, 7) is 40.0. The molecule has 0 saturated heterocycles. The molecule has 1 atom stereocenters. The second-order valence-corrected chi connectivity index (χ2v) is 16.4. The average molecular weight is 714 g/mol. The number of carbonyl (C=O) groups excluding carboxylic acids is 1. The first-order chi connectivity index (χ1) is 22.0. The first-order valence-corrected chi connectivity index (χ1v) is 20.2. The molecule has 1 N–H and O–H groups in total. The Morgan fingerprint density at radius 2 is 1.29 bits per heavy atom. The number of hydrogen-bond acceptors (Lipinski definition) is 10. The van der Waals surface area contributed by atoms with Crippen LogP contribution in [0.4, 0.5) is 0 Å². The van der Waals surface area contributed by atoms with Crippen molar-refractivity contribution in [3.05, 3.63) is 12.7 Å². The molecule has 1 rings (SSSR count). The van der Waals surface area contributed by atoms with E-state index in [4.69, 9.17) is 28.6 Å². The number of esters is 1. The summed E-state index contributed by atoms with van der Waals surface area (Å²) >= 11 is 0. The minimum absolute atomic E-state index is 0.0795. The fourth-order valence-corrected chi connectivity index (χ4v) is 3.52. The smallest absolute Gasteiger partial charge is 0.314 e. The Labute approximate surface area is 297 Å². The molecular weight excluding hydrogens is 633 g/mol. The van der Waals surface area contributed by atoms with Gasteiger partial charge in [0.2, 0.25) is 0 Å². The van der Waals surface area contributed by atoms with Crippen molar-refractivity contribution >= 4 is 13.3 Å². The Hall–Kier alpha value is -1.36. The van der Waals surface area contributed by atoms with Crippen LogP contribution in [0.15, 0.2) is 12.7 Å². The first kappa shape index (κ1) is 56.0. The quantitative estimate of drug-likeness (QED) is 0.107. The number of hydrogen-bond donors (Lipinski definition) is 1. The normalized spacial score (nSPS) is 12.0. The van der Waals surface area contributed by atoms with Gasteiger partial charge in [-0.3, -0.25) is 14.0 Å². The predicted molar refractivity (Wildman–Crippen MR) is 202 cm³/mol. The van der Waals surface area contributed by atoms with Crippen molar-refractivity contribution in [2.24, 2.45) is 11.3 Å². The van der Waals surface area contributed by atoms with Gasteiger partial charge in [-0.05, 0) is 102 Å². The molecule has 0 radical (unpaired) electrons. The van der Waals surface area contributed by atoms with Gasteiger partial charge >= 0.3 is 5.97 Å². The number of aliphatic hydroxyl groups excluding tert-OH is 1. The minimum atomic E-state index is -2.22. The van der Waals surface area contributed by atoms with E-state index in [0.717, 1.165) is 25.6 Å². The summed E-state index contributed by atoms with van der Waals surface area (Å²) in [6.07, 6.45) is 5.66. The molecule has 1 heterocycles. The van der Waals surface area contributed by atoms with Crippen LogP contribution in [0.5, 0.6) is 0 Å². The summed E-state index contributed by atoms with van der Waals surface area (Å²) in [5.41, 5.74) is -0.732. The second kappa shape index (κ2) is 35.5. The largest absolute Gasteiger partial charge is 0.462 e. The van der Waals surface area contributed by atoms with Crippen LogP contribution in [0.2, 0.25) is 0 Å². The number of aromatic nitrogens is 3. The lowest BCUT2D eigenvalue weighted by Crippen LogP contribution is -2.34. The molecule has 0 aliphatic heterocycles. The molecule has 0 fully saturated rings. The van der Waals surface area contributed by atoms with E-state index in [1.165, 1.54) is 0 Å². The maximum Gasteiger partial charge on any atom is 0.314 e.